The number of fused-ring (bicyclic) bond motifs is 2. The minimum atomic E-state index is -4.46. The van der Waals surface area contributed by atoms with E-state index in [2.05, 4.69) is 34.5 Å². The first-order chi connectivity index (χ1) is 15.4. The Morgan fingerprint density at radius 3 is 2.16 bits per heavy atom. The van der Waals surface area contributed by atoms with Crippen LogP contribution in [0.4, 0.5) is 24.5 Å². The minimum absolute atomic E-state index is 0.0332. The van der Waals surface area contributed by atoms with Gasteiger partial charge in [0, 0.05) is 29.0 Å². The number of halogens is 3. The minimum Gasteiger partial charge on any atom is -0.352 e. The fourth-order valence-corrected chi connectivity index (χ4v) is 4.69. The fraction of sp³-hybridized carbons (Fsp3) is 0.160. The maximum Gasteiger partial charge on any atom is 0.416 e. The second kappa shape index (κ2) is 9.53. The number of para-hydroxylation sites is 2. The van der Waals surface area contributed by atoms with Crippen LogP contribution in [0.2, 0.25) is 0 Å². The zero-order valence-corrected chi connectivity index (χ0v) is 17.9. The van der Waals surface area contributed by atoms with Crippen molar-refractivity contribution in [3.8, 4) is 0 Å². The van der Waals surface area contributed by atoms with Gasteiger partial charge in [0.15, 0.2) is 0 Å². The van der Waals surface area contributed by atoms with E-state index in [1.807, 2.05) is 24.3 Å². The largest absolute Gasteiger partial charge is 0.416 e. The second-order valence-corrected chi connectivity index (χ2v) is 8.34. The van der Waals surface area contributed by atoms with Gasteiger partial charge in [0.25, 0.3) is 0 Å². The standard InChI is InChI=1S/C25H21F3N2OS/c26-25(27,28)19-9-2-1-8-18(19)14-15-24(31)29-16-7-17-30-20-10-3-5-12-22(20)32-23-13-6-4-11-21(23)30/h1-6,8-15H,7,16-17H2,(H,29,31)/b15-14+. The molecular weight excluding hydrogens is 433 g/mol. The van der Waals surface area contributed by atoms with E-state index in [0.29, 0.717) is 19.5 Å². The number of hydrogen-bond donors (Lipinski definition) is 1. The summed E-state index contributed by atoms with van der Waals surface area (Å²) in [7, 11) is 0. The normalized spacial score (nSPS) is 13.0. The molecule has 4 rings (SSSR count). The Kier molecular flexibility index (Phi) is 6.55. The highest BCUT2D eigenvalue weighted by Crippen LogP contribution is 2.47. The third-order valence-corrected chi connectivity index (χ3v) is 6.20. The fourth-order valence-electron chi connectivity index (χ4n) is 3.60. The third-order valence-electron chi connectivity index (χ3n) is 5.07. The summed E-state index contributed by atoms with van der Waals surface area (Å²) in [5.74, 6) is -0.419. The highest BCUT2D eigenvalue weighted by atomic mass is 32.2. The van der Waals surface area contributed by atoms with Gasteiger partial charge in [-0.3, -0.25) is 4.79 Å². The summed E-state index contributed by atoms with van der Waals surface area (Å²) in [6.45, 7) is 1.12. The number of anilines is 2. The summed E-state index contributed by atoms with van der Waals surface area (Å²) < 4.78 is 39.2. The number of benzene rings is 3. The maximum atomic E-state index is 13.1. The molecule has 3 aromatic rings. The first-order valence-electron chi connectivity index (χ1n) is 10.2. The van der Waals surface area contributed by atoms with E-state index in [0.717, 1.165) is 23.5 Å². The van der Waals surface area contributed by atoms with E-state index in [1.54, 1.807) is 11.8 Å². The van der Waals surface area contributed by atoms with Crippen LogP contribution in [-0.2, 0) is 11.0 Å². The summed E-state index contributed by atoms with van der Waals surface area (Å²) in [5, 5.41) is 2.76. The van der Waals surface area contributed by atoms with Crippen LogP contribution in [0.3, 0.4) is 0 Å². The number of carbonyl (C=O) groups excluding carboxylic acids is 1. The Morgan fingerprint density at radius 1 is 0.906 bits per heavy atom. The lowest BCUT2D eigenvalue weighted by Crippen LogP contribution is -2.28. The average Bonchev–Trinajstić information content (AvgIpc) is 2.79. The number of hydrogen-bond acceptors (Lipinski definition) is 3. The Hall–Kier alpha value is -3.19. The van der Waals surface area contributed by atoms with Gasteiger partial charge in [-0.05, 0) is 48.4 Å². The van der Waals surface area contributed by atoms with E-state index < -0.39 is 17.6 Å². The van der Waals surface area contributed by atoms with E-state index >= 15 is 0 Å². The molecule has 0 radical (unpaired) electrons. The molecule has 1 amide bonds. The molecule has 0 bridgehead atoms. The molecule has 0 atom stereocenters. The molecule has 3 aromatic carbocycles. The topological polar surface area (TPSA) is 32.3 Å². The molecule has 0 spiro atoms. The van der Waals surface area contributed by atoms with E-state index in [9.17, 15) is 18.0 Å². The van der Waals surface area contributed by atoms with Crippen molar-refractivity contribution < 1.29 is 18.0 Å². The molecule has 3 nitrogen and oxygen atoms in total. The van der Waals surface area contributed by atoms with Crippen LogP contribution < -0.4 is 10.2 Å². The molecule has 0 saturated carbocycles. The van der Waals surface area contributed by atoms with E-state index in [-0.39, 0.29) is 5.56 Å². The first kappa shape index (κ1) is 22.0. The van der Waals surface area contributed by atoms with Crippen LogP contribution >= 0.6 is 11.8 Å². The van der Waals surface area contributed by atoms with Crippen molar-refractivity contribution in [2.24, 2.45) is 0 Å². The number of carbonyl (C=O) groups is 1. The molecule has 7 heteroatoms. The molecule has 1 heterocycles. The molecule has 1 aliphatic rings. The number of rotatable bonds is 6. The molecule has 1 N–H and O–H groups in total. The number of alkyl halides is 3. The van der Waals surface area contributed by atoms with Gasteiger partial charge in [-0.15, -0.1) is 0 Å². The van der Waals surface area contributed by atoms with Gasteiger partial charge in [0.2, 0.25) is 5.91 Å². The van der Waals surface area contributed by atoms with Gasteiger partial charge in [-0.2, -0.15) is 13.2 Å². The predicted octanol–water partition coefficient (Wildman–Crippen LogP) is 6.53. The van der Waals surface area contributed by atoms with Gasteiger partial charge in [0.1, 0.15) is 0 Å². The van der Waals surface area contributed by atoms with Gasteiger partial charge >= 0.3 is 6.18 Å². The smallest absolute Gasteiger partial charge is 0.352 e. The van der Waals surface area contributed by atoms with Gasteiger partial charge in [-0.1, -0.05) is 54.2 Å². The molecule has 164 valence electrons. The average molecular weight is 455 g/mol. The highest BCUT2D eigenvalue weighted by molar-refractivity contribution is 7.99. The Morgan fingerprint density at radius 2 is 1.50 bits per heavy atom. The first-order valence-corrected chi connectivity index (χ1v) is 11.0. The Balaban J connectivity index is 1.36. The van der Waals surface area contributed by atoms with Crippen molar-refractivity contribution >= 4 is 35.1 Å². The molecule has 0 saturated heterocycles. The van der Waals surface area contributed by atoms with Crippen LogP contribution in [0.1, 0.15) is 17.5 Å². The van der Waals surface area contributed by atoms with Crippen molar-refractivity contribution in [3.05, 3.63) is 90.0 Å². The third kappa shape index (κ3) is 4.99. The molecular formula is C25H21F3N2OS. The molecule has 0 fully saturated rings. The predicted molar refractivity (Wildman–Crippen MR) is 122 cm³/mol. The zero-order valence-electron chi connectivity index (χ0n) is 17.1. The summed E-state index contributed by atoms with van der Waals surface area (Å²) in [5.41, 5.74) is 1.47. The van der Waals surface area contributed by atoms with Crippen molar-refractivity contribution in [1.29, 1.82) is 0 Å². The van der Waals surface area contributed by atoms with Crippen molar-refractivity contribution in [2.45, 2.75) is 22.4 Å². The number of nitrogens with one attached hydrogen (secondary N) is 1. The lowest BCUT2D eigenvalue weighted by molar-refractivity contribution is -0.137. The highest BCUT2D eigenvalue weighted by Gasteiger charge is 2.32. The van der Waals surface area contributed by atoms with Gasteiger partial charge in [0.05, 0.1) is 16.9 Å². The summed E-state index contributed by atoms with van der Waals surface area (Å²) in [6, 6.07) is 21.6. The van der Waals surface area contributed by atoms with Crippen LogP contribution in [0.25, 0.3) is 6.08 Å². The number of nitrogens with zero attached hydrogens (tertiary/aromatic N) is 1. The molecule has 1 aliphatic heterocycles. The van der Waals surface area contributed by atoms with Gasteiger partial charge in [-0.25, -0.2) is 0 Å². The van der Waals surface area contributed by atoms with Crippen LogP contribution in [-0.4, -0.2) is 19.0 Å². The molecule has 32 heavy (non-hydrogen) atoms. The van der Waals surface area contributed by atoms with Crippen molar-refractivity contribution in [3.63, 3.8) is 0 Å². The Labute approximate surface area is 188 Å². The summed E-state index contributed by atoms with van der Waals surface area (Å²) in [6.07, 6.45) is -1.43. The van der Waals surface area contributed by atoms with Gasteiger partial charge < -0.3 is 10.2 Å². The van der Waals surface area contributed by atoms with E-state index in [4.69, 9.17) is 0 Å². The monoisotopic (exact) mass is 454 g/mol. The van der Waals surface area contributed by atoms with Crippen molar-refractivity contribution in [2.75, 3.05) is 18.0 Å². The quantitative estimate of drug-likeness (QED) is 0.340. The lowest BCUT2D eigenvalue weighted by atomic mass is 10.1. The van der Waals surface area contributed by atoms with Crippen LogP contribution in [0.15, 0.2) is 88.7 Å². The SMILES string of the molecule is O=C(/C=C/c1ccccc1C(F)(F)F)NCCCN1c2ccccc2Sc2ccccc21. The van der Waals surface area contributed by atoms with Crippen LogP contribution in [0.5, 0.6) is 0 Å². The zero-order chi connectivity index (χ0) is 22.6. The second-order valence-electron chi connectivity index (χ2n) is 7.25. The lowest BCUT2D eigenvalue weighted by Gasteiger charge is -2.32. The molecule has 0 unspecified atom stereocenters. The Bertz CT molecular complexity index is 1100. The summed E-state index contributed by atoms with van der Waals surface area (Å²) in [4.78, 5) is 16.7. The van der Waals surface area contributed by atoms with Crippen LogP contribution in [0, 0.1) is 0 Å². The number of amides is 1. The summed E-state index contributed by atoms with van der Waals surface area (Å²) >= 11 is 1.74. The molecule has 0 aliphatic carbocycles. The maximum absolute atomic E-state index is 13.1. The van der Waals surface area contributed by atoms with Crippen molar-refractivity contribution in [1.82, 2.24) is 5.32 Å². The molecule has 0 aromatic heterocycles. The van der Waals surface area contributed by atoms with E-state index in [1.165, 1.54) is 34.1 Å².